The van der Waals surface area contributed by atoms with Crippen molar-refractivity contribution in [3.05, 3.63) is 17.5 Å². The molecule has 2 rings (SSSR count). The number of hydrogen-bond acceptors (Lipinski definition) is 5. The van der Waals surface area contributed by atoms with Gasteiger partial charge in [-0.2, -0.15) is 0 Å². The molecule has 1 atom stereocenters. The zero-order chi connectivity index (χ0) is 13.0. The van der Waals surface area contributed by atoms with Gasteiger partial charge >= 0.3 is 0 Å². The van der Waals surface area contributed by atoms with E-state index < -0.39 is 0 Å². The van der Waals surface area contributed by atoms with Crippen LogP contribution in [0.15, 0.2) is 10.6 Å². The first-order chi connectivity index (χ1) is 8.76. The molecule has 1 fully saturated rings. The summed E-state index contributed by atoms with van der Waals surface area (Å²) in [4.78, 5) is 14.2. The third-order valence-electron chi connectivity index (χ3n) is 3.14. The van der Waals surface area contributed by atoms with Gasteiger partial charge in [-0.25, -0.2) is 0 Å². The van der Waals surface area contributed by atoms with Gasteiger partial charge < -0.3 is 19.5 Å². The summed E-state index contributed by atoms with van der Waals surface area (Å²) in [6, 6.07) is 1.91. The number of amides is 1. The molecule has 7 heteroatoms. The van der Waals surface area contributed by atoms with Crippen molar-refractivity contribution < 1.29 is 14.1 Å². The van der Waals surface area contributed by atoms with E-state index in [0.717, 1.165) is 25.9 Å². The predicted octanol–water partition coefficient (Wildman–Crippen LogP) is 1.07. The Morgan fingerprint density at radius 1 is 1.68 bits per heavy atom. The highest BCUT2D eigenvalue weighted by molar-refractivity contribution is 5.92. The van der Waals surface area contributed by atoms with Crippen molar-refractivity contribution in [3.63, 3.8) is 0 Å². The van der Waals surface area contributed by atoms with Crippen LogP contribution >= 0.6 is 12.4 Å². The molecule has 1 saturated heterocycles. The Balaban J connectivity index is 0.00000180. The van der Waals surface area contributed by atoms with E-state index in [1.807, 2.05) is 11.9 Å². The van der Waals surface area contributed by atoms with E-state index in [4.69, 9.17) is 9.26 Å². The fourth-order valence-electron chi connectivity index (χ4n) is 2.32. The monoisotopic (exact) mass is 289 g/mol. The maximum Gasteiger partial charge on any atom is 0.276 e. The molecule has 0 saturated carbocycles. The van der Waals surface area contributed by atoms with Crippen LogP contribution in [0, 0.1) is 0 Å². The van der Waals surface area contributed by atoms with Crippen molar-refractivity contribution in [1.29, 1.82) is 0 Å². The number of rotatable bonds is 5. The number of aromatic nitrogens is 1. The van der Waals surface area contributed by atoms with Crippen molar-refractivity contribution in [1.82, 2.24) is 15.4 Å². The molecule has 19 heavy (non-hydrogen) atoms. The molecule has 1 aliphatic heterocycles. The highest BCUT2D eigenvalue weighted by Gasteiger charge is 2.30. The SMILES string of the molecule is CNCC1CCCN1C(=O)c1cc(COC)on1.Cl. The molecule has 1 unspecified atom stereocenters. The van der Waals surface area contributed by atoms with Gasteiger partial charge in [-0.05, 0) is 19.9 Å². The maximum absolute atomic E-state index is 12.3. The van der Waals surface area contributed by atoms with Gasteiger partial charge in [-0.15, -0.1) is 12.4 Å². The number of carbonyl (C=O) groups is 1. The summed E-state index contributed by atoms with van der Waals surface area (Å²) in [6.07, 6.45) is 2.08. The fourth-order valence-corrected chi connectivity index (χ4v) is 2.32. The van der Waals surface area contributed by atoms with E-state index in [1.165, 1.54) is 0 Å². The topological polar surface area (TPSA) is 67.6 Å². The molecule has 1 N–H and O–H groups in total. The molecule has 2 heterocycles. The molecule has 0 radical (unpaired) electrons. The van der Waals surface area contributed by atoms with Crippen LogP contribution in [-0.4, -0.2) is 49.3 Å². The van der Waals surface area contributed by atoms with Gasteiger partial charge in [-0.3, -0.25) is 4.79 Å². The minimum absolute atomic E-state index is 0. The van der Waals surface area contributed by atoms with E-state index in [1.54, 1.807) is 13.2 Å². The Bertz CT molecular complexity index is 411. The first-order valence-corrected chi connectivity index (χ1v) is 6.16. The number of halogens is 1. The second kappa shape index (κ2) is 7.47. The van der Waals surface area contributed by atoms with Gasteiger partial charge in [0.1, 0.15) is 6.61 Å². The van der Waals surface area contributed by atoms with Crippen molar-refractivity contribution in [2.75, 3.05) is 27.2 Å². The Morgan fingerprint density at radius 3 is 3.16 bits per heavy atom. The fraction of sp³-hybridized carbons (Fsp3) is 0.667. The third kappa shape index (κ3) is 3.68. The highest BCUT2D eigenvalue weighted by Crippen LogP contribution is 2.19. The number of carbonyl (C=O) groups excluding carboxylic acids is 1. The molecule has 1 aromatic heterocycles. The van der Waals surface area contributed by atoms with Crippen LogP contribution in [0.5, 0.6) is 0 Å². The lowest BCUT2D eigenvalue weighted by Crippen LogP contribution is -2.40. The van der Waals surface area contributed by atoms with Crippen LogP contribution in [0.4, 0.5) is 0 Å². The minimum atomic E-state index is -0.0566. The average molecular weight is 290 g/mol. The van der Waals surface area contributed by atoms with E-state index in [2.05, 4.69) is 10.5 Å². The maximum atomic E-state index is 12.3. The lowest BCUT2D eigenvalue weighted by atomic mass is 10.2. The van der Waals surface area contributed by atoms with Crippen LogP contribution in [-0.2, 0) is 11.3 Å². The summed E-state index contributed by atoms with van der Waals surface area (Å²) < 4.78 is 9.98. The summed E-state index contributed by atoms with van der Waals surface area (Å²) in [5.74, 6) is 0.518. The second-order valence-corrected chi connectivity index (χ2v) is 4.46. The molecule has 1 aromatic rings. The second-order valence-electron chi connectivity index (χ2n) is 4.46. The lowest BCUT2D eigenvalue weighted by Gasteiger charge is -2.23. The van der Waals surface area contributed by atoms with E-state index in [9.17, 15) is 4.79 Å². The smallest absolute Gasteiger partial charge is 0.276 e. The molecule has 0 spiro atoms. The predicted molar refractivity (Wildman–Crippen MR) is 72.4 cm³/mol. The summed E-state index contributed by atoms with van der Waals surface area (Å²) in [7, 11) is 3.47. The summed E-state index contributed by atoms with van der Waals surface area (Å²) in [6.45, 7) is 1.94. The van der Waals surface area contributed by atoms with Crippen molar-refractivity contribution in [3.8, 4) is 0 Å². The highest BCUT2D eigenvalue weighted by atomic mass is 35.5. The molecule has 6 nitrogen and oxygen atoms in total. The normalized spacial score (nSPS) is 18.4. The molecule has 108 valence electrons. The number of nitrogens with one attached hydrogen (secondary N) is 1. The number of likely N-dealkylation sites (tertiary alicyclic amines) is 1. The molecule has 0 aliphatic carbocycles. The largest absolute Gasteiger partial charge is 0.377 e. The molecule has 1 aliphatic rings. The number of methoxy groups -OCH3 is 1. The number of hydrogen-bond donors (Lipinski definition) is 1. The summed E-state index contributed by atoms with van der Waals surface area (Å²) in [5.41, 5.74) is 0.366. The minimum Gasteiger partial charge on any atom is -0.377 e. The summed E-state index contributed by atoms with van der Waals surface area (Å²) in [5, 5.41) is 6.92. The molecule has 0 bridgehead atoms. The Labute approximate surface area is 118 Å². The average Bonchev–Trinajstić information content (AvgIpc) is 2.98. The van der Waals surface area contributed by atoms with E-state index >= 15 is 0 Å². The van der Waals surface area contributed by atoms with Crippen LogP contribution in [0.25, 0.3) is 0 Å². The van der Waals surface area contributed by atoms with Gasteiger partial charge in [0.2, 0.25) is 0 Å². The van der Waals surface area contributed by atoms with Crippen LogP contribution in [0.2, 0.25) is 0 Å². The molecule has 1 amide bonds. The van der Waals surface area contributed by atoms with Gasteiger partial charge in [0.15, 0.2) is 11.5 Å². The van der Waals surface area contributed by atoms with Gasteiger partial charge in [0.25, 0.3) is 5.91 Å². The number of likely N-dealkylation sites (N-methyl/N-ethyl adjacent to an activating group) is 1. The van der Waals surface area contributed by atoms with Gasteiger partial charge in [0, 0.05) is 32.3 Å². The van der Waals surface area contributed by atoms with Crippen molar-refractivity contribution in [2.45, 2.75) is 25.5 Å². The van der Waals surface area contributed by atoms with Crippen molar-refractivity contribution in [2.24, 2.45) is 0 Å². The summed E-state index contributed by atoms with van der Waals surface area (Å²) >= 11 is 0. The van der Waals surface area contributed by atoms with Crippen molar-refractivity contribution >= 4 is 18.3 Å². The molecular weight excluding hydrogens is 270 g/mol. The Kier molecular flexibility index (Phi) is 6.27. The van der Waals surface area contributed by atoms with Gasteiger partial charge in [-0.1, -0.05) is 5.16 Å². The quantitative estimate of drug-likeness (QED) is 0.878. The Hall–Kier alpha value is -1.11. The zero-order valence-corrected chi connectivity index (χ0v) is 12.0. The number of nitrogens with zero attached hydrogens (tertiary/aromatic N) is 2. The first kappa shape index (κ1) is 15.9. The van der Waals surface area contributed by atoms with Crippen LogP contribution in [0.1, 0.15) is 29.1 Å². The lowest BCUT2D eigenvalue weighted by molar-refractivity contribution is 0.0726. The standard InChI is InChI=1S/C12H19N3O3.ClH/c1-13-7-9-4-3-5-15(9)12(16)11-6-10(8-17-2)18-14-11;/h6,9,13H,3-5,7-8H2,1-2H3;1H. The van der Waals surface area contributed by atoms with Crippen LogP contribution in [0.3, 0.4) is 0 Å². The first-order valence-electron chi connectivity index (χ1n) is 6.16. The number of ether oxygens (including phenoxy) is 1. The van der Waals surface area contributed by atoms with Gasteiger partial charge in [0.05, 0.1) is 0 Å². The molecular formula is C12H20ClN3O3. The van der Waals surface area contributed by atoms with E-state index in [0.29, 0.717) is 18.1 Å². The Morgan fingerprint density at radius 2 is 2.47 bits per heavy atom. The van der Waals surface area contributed by atoms with Crippen LogP contribution < -0.4 is 5.32 Å². The molecule has 0 aromatic carbocycles. The zero-order valence-electron chi connectivity index (χ0n) is 11.2. The van der Waals surface area contributed by atoms with E-state index in [-0.39, 0.29) is 24.4 Å². The third-order valence-corrected chi connectivity index (χ3v) is 3.14.